The fourth-order valence-corrected chi connectivity index (χ4v) is 3.78. The molecule has 0 aliphatic carbocycles. The Kier molecular flexibility index (Phi) is 5.47. The molecule has 0 spiro atoms. The van der Waals surface area contributed by atoms with Crippen LogP contribution in [0.25, 0.3) is 0 Å². The van der Waals surface area contributed by atoms with Gasteiger partial charge in [0.25, 0.3) is 0 Å². The third kappa shape index (κ3) is 4.29. The van der Waals surface area contributed by atoms with Gasteiger partial charge in [-0.15, -0.1) is 0 Å². The van der Waals surface area contributed by atoms with Crippen molar-refractivity contribution in [2.75, 3.05) is 39.3 Å². The van der Waals surface area contributed by atoms with Crippen molar-refractivity contribution in [3.63, 3.8) is 0 Å². The van der Waals surface area contributed by atoms with E-state index in [1.54, 1.807) is 12.1 Å². The van der Waals surface area contributed by atoms with Crippen LogP contribution in [0.15, 0.2) is 24.3 Å². The van der Waals surface area contributed by atoms with Gasteiger partial charge >= 0.3 is 6.18 Å². The number of rotatable bonds is 4. The Morgan fingerprint density at radius 2 is 1.79 bits per heavy atom. The second-order valence-corrected chi connectivity index (χ2v) is 6.99. The number of piperazine rings is 1. The van der Waals surface area contributed by atoms with Crippen LogP contribution in [0, 0.1) is 0 Å². The molecule has 2 atom stereocenters. The maximum Gasteiger partial charge on any atom is 0.416 e. The molecule has 2 unspecified atom stereocenters. The van der Waals surface area contributed by atoms with Gasteiger partial charge in [0.1, 0.15) is 0 Å². The summed E-state index contributed by atoms with van der Waals surface area (Å²) in [6.07, 6.45) is -1.83. The zero-order valence-corrected chi connectivity index (χ0v) is 14.1. The average Bonchev–Trinajstić information content (AvgIpc) is 3.05. The Bertz CT molecular complexity index is 523. The van der Waals surface area contributed by atoms with Gasteiger partial charge in [0.15, 0.2) is 0 Å². The summed E-state index contributed by atoms with van der Waals surface area (Å²) in [6.45, 7) is 8.04. The quantitative estimate of drug-likeness (QED) is 0.908. The van der Waals surface area contributed by atoms with Crippen LogP contribution in [-0.4, -0.2) is 55.1 Å². The monoisotopic (exact) mass is 341 g/mol. The van der Waals surface area contributed by atoms with E-state index in [1.807, 2.05) is 0 Å². The summed E-state index contributed by atoms with van der Waals surface area (Å²) in [4.78, 5) is 4.86. The van der Waals surface area contributed by atoms with Crippen LogP contribution in [0.4, 0.5) is 13.2 Å². The fourth-order valence-electron chi connectivity index (χ4n) is 3.78. The predicted octanol–water partition coefficient (Wildman–Crippen LogP) is 3.14. The molecule has 0 radical (unpaired) electrons. The summed E-state index contributed by atoms with van der Waals surface area (Å²) in [5.74, 6) is 0. The van der Waals surface area contributed by atoms with E-state index in [-0.39, 0.29) is 6.04 Å². The van der Waals surface area contributed by atoms with Crippen LogP contribution < -0.4 is 5.32 Å². The highest BCUT2D eigenvalue weighted by Crippen LogP contribution is 2.31. The average molecular weight is 341 g/mol. The lowest BCUT2D eigenvalue weighted by Gasteiger charge is -2.39. The zero-order valence-electron chi connectivity index (χ0n) is 14.1. The molecule has 2 aliphatic heterocycles. The van der Waals surface area contributed by atoms with Gasteiger partial charge in [0, 0.05) is 38.3 Å². The summed E-state index contributed by atoms with van der Waals surface area (Å²) in [5.41, 5.74) is 0.420. The minimum absolute atomic E-state index is 0.162. The van der Waals surface area contributed by atoms with Crippen molar-refractivity contribution in [1.29, 1.82) is 0 Å². The Hall–Kier alpha value is -1.11. The molecule has 1 aromatic carbocycles. The van der Waals surface area contributed by atoms with Crippen LogP contribution >= 0.6 is 0 Å². The Labute approximate surface area is 141 Å². The first kappa shape index (κ1) is 17.7. The summed E-state index contributed by atoms with van der Waals surface area (Å²) < 4.78 is 38.5. The Morgan fingerprint density at radius 1 is 1.12 bits per heavy atom. The lowest BCUT2D eigenvalue weighted by molar-refractivity contribution is -0.137. The van der Waals surface area contributed by atoms with E-state index < -0.39 is 11.7 Å². The highest BCUT2D eigenvalue weighted by Gasteiger charge is 2.32. The van der Waals surface area contributed by atoms with Crippen molar-refractivity contribution in [2.45, 2.75) is 38.0 Å². The third-order valence-corrected chi connectivity index (χ3v) is 5.09. The first-order valence-electron chi connectivity index (χ1n) is 8.80. The van der Waals surface area contributed by atoms with Crippen molar-refractivity contribution >= 4 is 0 Å². The largest absolute Gasteiger partial charge is 0.416 e. The van der Waals surface area contributed by atoms with Crippen LogP contribution in [0.2, 0.25) is 0 Å². The second-order valence-electron chi connectivity index (χ2n) is 6.99. The van der Waals surface area contributed by atoms with Gasteiger partial charge in [-0.1, -0.05) is 12.1 Å². The van der Waals surface area contributed by atoms with Crippen molar-refractivity contribution < 1.29 is 13.2 Å². The lowest BCUT2D eigenvalue weighted by Crippen LogP contribution is -2.52. The molecule has 1 aromatic rings. The van der Waals surface area contributed by atoms with Crippen molar-refractivity contribution in [1.82, 2.24) is 15.1 Å². The summed E-state index contributed by atoms with van der Waals surface area (Å²) in [7, 11) is 0. The minimum atomic E-state index is -4.27. The van der Waals surface area contributed by atoms with E-state index in [1.165, 1.54) is 25.0 Å². The van der Waals surface area contributed by atoms with Crippen LogP contribution in [0.1, 0.15) is 36.9 Å². The molecule has 2 aliphatic rings. The third-order valence-electron chi connectivity index (χ3n) is 5.09. The Balaban J connectivity index is 1.80. The molecule has 6 heteroatoms. The van der Waals surface area contributed by atoms with Crippen LogP contribution in [-0.2, 0) is 6.18 Å². The van der Waals surface area contributed by atoms with E-state index in [0.717, 1.165) is 44.8 Å². The molecule has 24 heavy (non-hydrogen) atoms. The topological polar surface area (TPSA) is 18.5 Å². The van der Waals surface area contributed by atoms with Gasteiger partial charge in [-0.05, 0) is 50.6 Å². The number of likely N-dealkylation sites (tertiary alicyclic amines) is 1. The molecule has 2 heterocycles. The van der Waals surface area contributed by atoms with E-state index in [2.05, 4.69) is 22.0 Å². The molecule has 0 amide bonds. The number of nitrogens with one attached hydrogen (secondary N) is 1. The molecule has 3 nitrogen and oxygen atoms in total. The molecule has 0 aromatic heterocycles. The molecule has 0 bridgehead atoms. The maximum absolute atomic E-state index is 12.8. The van der Waals surface area contributed by atoms with Crippen molar-refractivity contribution in [3.05, 3.63) is 35.4 Å². The summed E-state index contributed by atoms with van der Waals surface area (Å²) in [5, 5.41) is 3.44. The second kappa shape index (κ2) is 7.42. The predicted molar refractivity (Wildman–Crippen MR) is 88.9 cm³/mol. The molecule has 0 saturated carbocycles. The minimum Gasteiger partial charge on any atom is -0.312 e. The molecule has 2 fully saturated rings. The molecule has 3 rings (SSSR count). The van der Waals surface area contributed by atoms with Gasteiger partial charge in [0.05, 0.1) is 5.56 Å². The highest BCUT2D eigenvalue weighted by molar-refractivity contribution is 5.27. The number of benzene rings is 1. The van der Waals surface area contributed by atoms with Crippen LogP contribution in [0.3, 0.4) is 0 Å². The number of hydrogen-bond donors (Lipinski definition) is 1. The molecule has 1 N–H and O–H groups in total. The maximum atomic E-state index is 12.8. The summed E-state index contributed by atoms with van der Waals surface area (Å²) in [6, 6.07) is 6.34. The van der Waals surface area contributed by atoms with Crippen molar-refractivity contribution in [2.24, 2.45) is 0 Å². The Morgan fingerprint density at radius 3 is 2.38 bits per heavy atom. The number of halogens is 3. The first-order valence-corrected chi connectivity index (χ1v) is 8.80. The highest BCUT2D eigenvalue weighted by atomic mass is 19.4. The van der Waals surface area contributed by atoms with E-state index in [9.17, 15) is 13.2 Å². The van der Waals surface area contributed by atoms with E-state index >= 15 is 0 Å². The molecule has 2 saturated heterocycles. The van der Waals surface area contributed by atoms with E-state index in [4.69, 9.17) is 0 Å². The van der Waals surface area contributed by atoms with Gasteiger partial charge in [-0.2, -0.15) is 13.2 Å². The molecular weight excluding hydrogens is 315 g/mol. The first-order chi connectivity index (χ1) is 11.4. The van der Waals surface area contributed by atoms with E-state index in [0.29, 0.717) is 6.04 Å². The normalized spacial score (nSPS) is 25.1. The van der Waals surface area contributed by atoms with Gasteiger partial charge in [0.2, 0.25) is 0 Å². The standard InChI is InChI=1S/C18H26F3N3/c1-14-12-24(11-8-22-14)17(13-23-9-2-3-10-23)15-4-6-16(7-5-15)18(19,20)21/h4-7,14,17,22H,2-3,8-13H2,1H3. The SMILES string of the molecule is CC1CN(C(CN2CCCC2)c2ccc(C(F)(F)F)cc2)CCN1. The molecular formula is C18H26F3N3. The fraction of sp³-hybridized carbons (Fsp3) is 0.667. The lowest BCUT2D eigenvalue weighted by atomic mass is 10.0. The number of alkyl halides is 3. The van der Waals surface area contributed by atoms with Gasteiger partial charge < -0.3 is 10.2 Å². The smallest absolute Gasteiger partial charge is 0.312 e. The van der Waals surface area contributed by atoms with Gasteiger partial charge in [-0.3, -0.25) is 4.90 Å². The zero-order chi connectivity index (χ0) is 17.2. The molecule has 134 valence electrons. The number of hydrogen-bond acceptors (Lipinski definition) is 3. The summed E-state index contributed by atoms with van der Waals surface area (Å²) >= 11 is 0. The van der Waals surface area contributed by atoms with Crippen LogP contribution in [0.5, 0.6) is 0 Å². The van der Waals surface area contributed by atoms with Gasteiger partial charge in [-0.25, -0.2) is 0 Å². The number of nitrogens with zero attached hydrogens (tertiary/aromatic N) is 2. The van der Waals surface area contributed by atoms with Crippen molar-refractivity contribution in [3.8, 4) is 0 Å².